The van der Waals surface area contributed by atoms with Crippen LogP contribution in [-0.2, 0) is 9.47 Å². The summed E-state index contributed by atoms with van der Waals surface area (Å²) in [7, 11) is 0. The lowest BCUT2D eigenvalue weighted by atomic mass is 10.3. The van der Waals surface area contributed by atoms with Gasteiger partial charge in [-0.1, -0.05) is 26.7 Å². The molecule has 38 heavy (non-hydrogen) atoms. The van der Waals surface area contributed by atoms with Crippen LogP contribution in [0.2, 0.25) is 0 Å². The minimum atomic E-state index is -0.280. The quantitative estimate of drug-likeness (QED) is 0.171. The van der Waals surface area contributed by atoms with E-state index in [-0.39, 0.29) is 11.6 Å². The zero-order valence-electron chi connectivity index (χ0n) is 22.4. The van der Waals surface area contributed by atoms with Crippen molar-refractivity contribution < 1.29 is 18.3 Å². The smallest absolute Gasteiger partial charge is 0.173 e. The van der Waals surface area contributed by atoms with Crippen molar-refractivity contribution >= 4 is 46.0 Å². The molecule has 2 aromatic rings. The molecule has 0 fully saturated rings. The van der Waals surface area contributed by atoms with Crippen LogP contribution in [0.4, 0.5) is 20.2 Å². The minimum Gasteiger partial charge on any atom is -0.377 e. The van der Waals surface area contributed by atoms with Crippen molar-refractivity contribution in [3.05, 3.63) is 60.2 Å². The van der Waals surface area contributed by atoms with Gasteiger partial charge in [-0.15, -0.1) is 0 Å². The van der Waals surface area contributed by atoms with Gasteiger partial charge in [0.25, 0.3) is 0 Å². The highest BCUT2D eigenvalue weighted by Crippen LogP contribution is 2.11. The zero-order valence-corrected chi connectivity index (χ0v) is 24.0. The summed E-state index contributed by atoms with van der Waals surface area (Å²) in [6, 6.07) is 12.3. The molecule has 2 rings (SSSR count). The maximum Gasteiger partial charge on any atom is 0.173 e. The second-order valence-electron chi connectivity index (χ2n) is 8.78. The molecule has 0 atom stereocenters. The molecule has 2 aromatic carbocycles. The number of rotatable bonds is 17. The number of nitrogens with zero attached hydrogens (tertiary/aromatic N) is 2. The first-order valence-electron chi connectivity index (χ1n) is 13.2. The number of hydrogen-bond acceptors (Lipinski definition) is 4. The molecular weight excluding hydrogens is 526 g/mol. The standard InChI is InChI=1S/C28H40F2N4O2S2/c1-3-5-15-33(27(37)31-25-11-7-23(29)8-12-25)17-19-35-21-22-36-20-18-34(16-6-4-2)28(38)32-26-13-9-24(30)10-14-26/h7-14H,3-6,15-22H2,1-2H3,(H,31,37)(H,32,38). The Kier molecular flexibility index (Phi) is 15.7. The van der Waals surface area contributed by atoms with Gasteiger partial charge in [-0.25, -0.2) is 8.78 Å². The molecule has 0 aliphatic rings. The molecule has 0 spiro atoms. The third kappa shape index (κ3) is 12.9. The molecule has 0 bridgehead atoms. The van der Waals surface area contributed by atoms with Crippen LogP contribution in [0.5, 0.6) is 0 Å². The van der Waals surface area contributed by atoms with Crippen LogP contribution in [0.15, 0.2) is 48.5 Å². The van der Waals surface area contributed by atoms with E-state index in [1.54, 1.807) is 24.3 Å². The van der Waals surface area contributed by atoms with Crippen LogP contribution in [0.1, 0.15) is 39.5 Å². The van der Waals surface area contributed by atoms with Crippen molar-refractivity contribution in [3.8, 4) is 0 Å². The number of benzene rings is 2. The lowest BCUT2D eigenvalue weighted by Crippen LogP contribution is -2.38. The normalized spacial score (nSPS) is 10.7. The number of anilines is 2. The summed E-state index contributed by atoms with van der Waals surface area (Å²) in [5, 5.41) is 7.54. The van der Waals surface area contributed by atoms with E-state index in [4.69, 9.17) is 33.9 Å². The molecule has 0 radical (unpaired) electrons. The van der Waals surface area contributed by atoms with E-state index in [0.717, 1.165) is 50.1 Å². The first kappa shape index (κ1) is 31.8. The van der Waals surface area contributed by atoms with Crippen molar-refractivity contribution in [1.29, 1.82) is 0 Å². The molecular formula is C28H40F2N4O2S2. The number of nitrogens with one attached hydrogen (secondary N) is 2. The molecule has 0 saturated heterocycles. The second-order valence-corrected chi connectivity index (χ2v) is 9.55. The molecule has 0 aliphatic heterocycles. The largest absolute Gasteiger partial charge is 0.377 e. The Labute approximate surface area is 236 Å². The van der Waals surface area contributed by atoms with Crippen molar-refractivity contribution in [2.24, 2.45) is 0 Å². The molecule has 210 valence electrons. The predicted molar refractivity (Wildman–Crippen MR) is 160 cm³/mol. The summed E-state index contributed by atoms with van der Waals surface area (Å²) in [5.41, 5.74) is 1.51. The lowest BCUT2D eigenvalue weighted by molar-refractivity contribution is 0.0403. The Hall–Kier alpha value is -2.40. The van der Waals surface area contributed by atoms with Crippen molar-refractivity contribution in [1.82, 2.24) is 9.80 Å². The van der Waals surface area contributed by atoms with Gasteiger partial charge in [0.2, 0.25) is 0 Å². The van der Waals surface area contributed by atoms with Crippen molar-refractivity contribution in [3.63, 3.8) is 0 Å². The first-order chi connectivity index (χ1) is 18.4. The fourth-order valence-electron chi connectivity index (χ4n) is 3.47. The van der Waals surface area contributed by atoms with Gasteiger partial charge >= 0.3 is 0 Å². The number of hydrogen-bond donors (Lipinski definition) is 2. The molecule has 0 amide bonds. The SMILES string of the molecule is CCCCN(CCOCCOCCN(CCCC)C(=S)Nc1ccc(F)cc1)C(=S)Nc1ccc(F)cc1. The van der Waals surface area contributed by atoms with Gasteiger partial charge < -0.3 is 29.9 Å². The van der Waals surface area contributed by atoms with Gasteiger partial charge in [-0.05, 0) is 85.8 Å². The van der Waals surface area contributed by atoms with E-state index >= 15 is 0 Å². The summed E-state index contributed by atoms with van der Waals surface area (Å²) >= 11 is 11.1. The Morgan fingerprint density at radius 1 is 0.632 bits per heavy atom. The highest BCUT2D eigenvalue weighted by Gasteiger charge is 2.11. The van der Waals surface area contributed by atoms with Crippen LogP contribution < -0.4 is 10.6 Å². The maximum absolute atomic E-state index is 13.2. The maximum atomic E-state index is 13.2. The molecule has 2 N–H and O–H groups in total. The average Bonchev–Trinajstić information content (AvgIpc) is 2.91. The van der Waals surface area contributed by atoms with Crippen LogP contribution in [0.25, 0.3) is 0 Å². The van der Waals surface area contributed by atoms with Crippen LogP contribution >= 0.6 is 24.4 Å². The van der Waals surface area contributed by atoms with Gasteiger partial charge in [-0.2, -0.15) is 0 Å². The van der Waals surface area contributed by atoms with Crippen molar-refractivity contribution in [2.75, 3.05) is 63.2 Å². The average molecular weight is 567 g/mol. The van der Waals surface area contributed by atoms with Crippen molar-refractivity contribution in [2.45, 2.75) is 39.5 Å². The molecule has 0 aromatic heterocycles. The summed E-state index contributed by atoms with van der Waals surface area (Å²) < 4.78 is 37.9. The van der Waals surface area contributed by atoms with E-state index in [1.165, 1.54) is 24.3 Å². The Morgan fingerprint density at radius 3 is 1.34 bits per heavy atom. The lowest BCUT2D eigenvalue weighted by Gasteiger charge is -2.26. The Bertz CT molecular complexity index is 871. The van der Waals surface area contributed by atoms with Gasteiger partial charge in [-0.3, -0.25) is 0 Å². The van der Waals surface area contributed by atoms with Gasteiger partial charge in [0.15, 0.2) is 10.2 Å². The molecule has 6 nitrogen and oxygen atoms in total. The number of ether oxygens (including phenoxy) is 2. The first-order valence-corrected chi connectivity index (χ1v) is 14.0. The molecule has 0 aliphatic carbocycles. The van der Waals surface area contributed by atoms with Gasteiger partial charge in [0.05, 0.1) is 26.4 Å². The van der Waals surface area contributed by atoms with Gasteiger partial charge in [0.1, 0.15) is 11.6 Å². The Balaban J connectivity index is 1.67. The fourth-order valence-corrected chi connectivity index (χ4v) is 4.07. The number of thiocarbonyl (C=S) groups is 2. The summed E-state index contributed by atoms with van der Waals surface area (Å²) in [6.07, 6.45) is 4.15. The van der Waals surface area contributed by atoms with Gasteiger partial charge in [0, 0.05) is 37.6 Å². The molecule has 0 heterocycles. The number of unbranched alkanes of at least 4 members (excludes halogenated alkanes) is 2. The van der Waals surface area contributed by atoms with E-state index in [0.29, 0.717) is 49.7 Å². The van der Waals surface area contributed by atoms with Crippen LogP contribution in [0.3, 0.4) is 0 Å². The zero-order chi connectivity index (χ0) is 27.6. The monoisotopic (exact) mass is 566 g/mol. The summed E-state index contributed by atoms with van der Waals surface area (Å²) in [5.74, 6) is -0.559. The summed E-state index contributed by atoms with van der Waals surface area (Å²) in [6.45, 7) is 9.22. The highest BCUT2D eigenvalue weighted by atomic mass is 32.1. The molecule has 10 heteroatoms. The highest BCUT2D eigenvalue weighted by molar-refractivity contribution is 7.80. The van der Waals surface area contributed by atoms with E-state index in [9.17, 15) is 8.78 Å². The number of halogens is 2. The Morgan fingerprint density at radius 2 is 1.00 bits per heavy atom. The topological polar surface area (TPSA) is 49.0 Å². The van der Waals surface area contributed by atoms with E-state index < -0.39 is 0 Å². The molecule has 0 saturated carbocycles. The van der Waals surface area contributed by atoms with E-state index in [2.05, 4.69) is 34.3 Å². The minimum absolute atomic E-state index is 0.280. The van der Waals surface area contributed by atoms with Crippen LogP contribution in [-0.4, -0.2) is 72.6 Å². The third-order valence-corrected chi connectivity index (χ3v) is 6.43. The van der Waals surface area contributed by atoms with Crippen LogP contribution in [0, 0.1) is 11.6 Å². The second kappa shape index (κ2) is 18.8. The van der Waals surface area contributed by atoms with E-state index in [1.807, 2.05) is 0 Å². The fraction of sp³-hybridized carbons (Fsp3) is 0.500. The molecule has 0 unspecified atom stereocenters. The third-order valence-electron chi connectivity index (χ3n) is 5.71. The summed E-state index contributed by atoms with van der Waals surface area (Å²) in [4.78, 5) is 4.15. The predicted octanol–water partition coefficient (Wildman–Crippen LogP) is 6.30.